The van der Waals surface area contributed by atoms with Crippen LogP contribution < -0.4 is 5.32 Å². The summed E-state index contributed by atoms with van der Waals surface area (Å²) in [7, 11) is 0. The Bertz CT molecular complexity index is 559. The molecule has 1 nitrogen and oxygen atoms in total. The summed E-state index contributed by atoms with van der Waals surface area (Å²) in [6.07, 6.45) is 4.83. The first-order valence-corrected chi connectivity index (χ1v) is 7.30. The van der Waals surface area contributed by atoms with E-state index in [0.717, 1.165) is 6.42 Å². The second kappa shape index (κ2) is 5.48. The predicted molar refractivity (Wildman–Crippen MR) is 81.6 cm³/mol. The molecule has 3 rings (SSSR count). The highest BCUT2D eigenvalue weighted by Gasteiger charge is 2.19. The Labute approximate surface area is 115 Å². The Morgan fingerprint density at radius 3 is 2.89 bits per heavy atom. The van der Waals surface area contributed by atoms with Crippen molar-refractivity contribution in [3.8, 4) is 0 Å². The van der Waals surface area contributed by atoms with Crippen molar-refractivity contribution in [2.24, 2.45) is 0 Å². The molecule has 0 aliphatic heterocycles. The smallest absolute Gasteiger partial charge is 0.0516 e. The topological polar surface area (TPSA) is 12.0 Å². The van der Waals surface area contributed by atoms with Crippen LogP contribution in [0, 0.1) is 0 Å². The molecule has 1 atom stereocenters. The molecule has 0 bridgehead atoms. The number of aryl methyl sites for hydroxylation is 2. The first-order chi connectivity index (χ1) is 9.36. The summed E-state index contributed by atoms with van der Waals surface area (Å²) >= 11 is 0. The third-order valence-corrected chi connectivity index (χ3v) is 4.05. The lowest BCUT2D eigenvalue weighted by atomic mass is 9.87. The van der Waals surface area contributed by atoms with E-state index in [1.807, 2.05) is 0 Å². The molecule has 0 spiro atoms. The van der Waals surface area contributed by atoms with E-state index in [1.165, 1.54) is 41.6 Å². The van der Waals surface area contributed by atoms with E-state index in [1.54, 1.807) is 0 Å². The van der Waals surface area contributed by atoms with Crippen molar-refractivity contribution in [1.82, 2.24) is 0 Å². The summed E-state index contributed by atoms with van der Waals surface area (Å²) < 4.78 is 0. The van der Waals surface area contributed by atoms with Crippen LogP contribution in [-0.4, -0.2) is 0 Å². The molecule has 1 heteroatoms. The van der Waals surface area contributed by atoms with Gasteiger partial charge in [0, 0.05) is 5.69 Å². The van der Waals surface area contributed by atoms with Crippen molar-refractivity contribution < 1.29 is 0 Å². The van der Waals surface area contributed by atoms with Crippen LogP contribution >= 0.6 is 0 Å². The highest BCUT2D eigenvalue weighted by atomic mass is 14.9. The quantitative estimate of drug-likeness (QED) is 0.831. The van der Waals surface area contributed by atoms with E-state index in [9.17, 15) is 0 Å². The summed E-state index contributed by atoms with van der Waals surface area (Å²) in [6, 6.07) is 18.1. The van der Waals surface area contributed by atoms with Crippen LogP contribution in [0.15, 0.2) is 48.5 Å². The van der Waals surface area contributed by atoms with Crippen molar-refractivity contribution in [1.29, 1.82) is 0 Å². The van der Waals surface area contributed by atoms with Crippen LogP contribution in [0.5, 0.6) is 0 Å². The van der Waals surface area contributed by atoms with Crippen LogP contribution in [0.1, 0.15) is 42.5 Å². The normalized spacial score (nSPS) is 17.8. The molecule has 0 amide bonds. The Kier molecular flexibility index (Phi) is 3.54. The van der Waals surface area contributed by atoms with Gasteiger partial charge in [0.15, 0.2) is 0 Å². The van der Waals surface area contributed by atoms with Crippen LogP contribution in [0.3, 0.4) is 0 Å². The van der Waals surface area contributed by atoms with Crippen molar-refractivity contribution in [3.05, 3.63) is 65.2 Å². The van der Waals surface area contributed by atoms with E-state index in [0.29, 0.717) is 6.04 Å². The number of fused-ring (bicyclic) bond motifs is 1. The number of anilines is 1. The lowest BCUT2D eigenvalue weighted by Gasteiger charge is -2.27. The summed E-state index contributed by atoms with van der Waals surface area (Å²) in [6.45, 7) is 2.20. The molecule has 98 valence electrons. The van der Waals surface area contributed by atoms with Gasteiger partial charge in [0.05, 0.1) is 6.04 Å². The van der Waals surface area contributed by atoms with Gasteiger partial charge in [-0.05, 0) is 54.5 Å². The fourth-order valence-corrected chi connectivity index (χ4v) is 2.99. The maximum atomic E-state index is 3.71. The third kappa shape index (κ3) is 2.65. The maximum absolute atomic E-state index is 3.71. The zero-order valence-electron chi connectivity index (χ0n) is 11.5. The Morgan fingerprint density at radius 1 is 1.11 bits per heavy atom. The third-order valence-electron chi connectivity index (χ3n) is 4.05. The van der Waals surface area contributed by atoms with E-state index in [-0.39, 0.29) is 0 Å². The number of benzene rings is 2. The number of nitrogens with one attached hydrogen (secondary N) is 1. The second-order valence-corrected chi connectivity index (χ2v) is 5.34. The maximum Gasteiger partial charge on any atom is 0.0516 e. The summed E-state index contributed by atoms with van der Waals surface area (Å²) in [4.78, 5) is 0. The number of hydrogen-bond donors (Lipinski definition) is 1. The predicted octanol–water partition coefficient (Wildman–Crippen LogP) is 4.74. The molecule has 1 unspecified atom stereocenters. The molecule has 2 aromatic rings. The highest BCUT2D eigenvalue weighted by molar-refractivity contribution is 5.49. The molecular weight excluding hydrogens is 230 g/mol. The molecule has 0 saturated heterocycles. The molecule has 1 aliphatic rings. The van der Waals surface area contributed by atoms with E-state index in [2.05, 4.69) is 60.8 Å². The second-order valence-electron chi connectivity index (χ2n) is 5.34. The molecule has 1 aliphatic carbocycles. The minimum atomic E-state index is 0.469. The first-order valence-electron chi connectivity index (χ1n) is 7.30. The van der Waals surface area contributed by atoms with Crippen LogP contribution in [0.4, 0.5) is 5.69 Å². The standard InChI is InChI=1S/C18H21N/c1-2-14-7-5-10-16(13-14)19-18-12-6-9-15-8-3-4-11-17(15)18/h3-5,7-8,10-11,13,18-19H,2,6,9,12H2,1H3. The van der Waals surface area contributed by atoms with Gasteiger partial charge in [-0.1, -0.05) is 43.3 Å². The van der Waals surface area contributed by atoms with Gasteiger partial charge >= 0.3 is 0 Å². The zero-order chi connectivity index (χ0) is 13.1. The molecular formula is C18H21N. The molecule has 19 heavy (non-hydrogen) atoms. The van der Waals surface area contributed by atoms with Crippen LogP contribution in [0.25, 0.3) is 0 Å². The largest absolute Gasteiger partial charge is 0.378 e. The molecule has 0 radical (unpaired) electrons. The van der Waals surface area contributed by atoms with Crippen molar-refractivity contribution in [2.75, 3.05) is 5.32 Å². The van der Waals surface area contributed by atoms with Crippen LogP contribution in [-0.2, 0) is 12.8 Å². The molecule has 0 heterocycles. The molecule has 0 fully saturated rings. The van der Waals surface area contributed by atoms with Crippen molar-refractivity contribution in [3.63, 3.8) is 0 Å². The molecule has 2 aromatic carbocycles. The summed E-state index contributed by atoms with van der Waals surface area (Å²) in [5.74, 6) is 0. The van der Waals surface area contributed by atoms with Gasteiger partial charge in [0.2, 0.25) is 0 Å². The summed E-state index contributed by atoms with van der Waals surface area (Å²) in [5.41, 5.74) is 5.64. The van der Waals surface area contributed by atoms with Gasteiger partial charge in [-0.3, -0.25) is 0 Å². The van der Waals surface area contributed by atoms with Gasteiger partial charge in [-0.15, -0.1) is 0 Å². The van der Waals surface area contributed by atoms with Crippen molar-refractivity contribution in [2.45, 2.75) is 38.6 Å². The minimum absolute atomic E-state index is 0.469. The van der Waals surface area contributed by atoms with E-state index in [4.69, 9.17) is 0 Å². The van der Waals surface area contributed by atoms with Crippen molar-refractivity contribution >= 4 is 5.69 Å². The number of rotatable bonds is 3. The fourth-order valence-electron chi connectivity index (χ4n) is 2.99. The Balaban J connectivity index is 1.84. The lowest BCUT2D eigenvalue weighted by molar-refractivity contribution is 0.600. The zero-order valence-corrected chi connectivity index (χ0v) is 11.5. The molecule has 0 aromatic heterocycles. The SMILES string of the molecule is CCc1cccc(NC2CCCc3ccccc32)c1. The minimum Gasteiger partial charge on any atom is -0.378 e. The summed E-state index contributed by atoms with van der Waals surface area (Å²) in [5, 5.41) is 3.71. The Hall–Kier alpha value is -1.76. The lowest BCUT2D eigenvalue weighted by Crippen LogP contribution is -2.17. The van der Waals surface area contributed by atoms with Crippen LogP contribution in [0.2, 0.25) is 0 Å². The monoisotopic (exact) mass is 251 g/mol. The van der Waals surface area contributed by atoms with E-state index < -0.39 is 0 Å². The molecule has 0 saturated carbocycles. The number of hydrogen-bond acceptors (Lipinski definition) is 1. The molecule has 1 N–H and O–H groups in total. The average molecular weight is 251 g/mol. The average Bonchev–Trinajstić information content (AvgIpc) is 2.48. The highest BCUT2D eigenvalue weighted by Crippen LogP contribution is 2.32. The van der Waals surface area contributed by atoms with E-state index >= 15 is 0 Å². The van der Waals surface area contributed by atoms with Gasteiger partial charge in [-0.2, -0.15) is 0 Å². The van der Waals surface area contributed by atoms with Gasteiger partial charge < -0.3 is 5.32 Å². The van der Waals surface area contributed by atoms with Gasteiger partial charge in [0.1, 0.15) is 0 Å². The van der Waals surface area contributed by atoms with Gasteiger partial charge in [-0.25, -0.2) is 0 Å². The Morgan fingerprint density at radius 2 is 2.00 bits per heavy atom. The first kappa shape index (κ1) is 12.3. The van der Waals surface area contributed by atoms with Gasteiger partial charge in [0.25, 0.3) is 0 Å². The fraction of sp³-hybridized carbons (Fsp3) is 0.333.